The smallest absolute Gasteiger partial charge is 0.275 e. The van der Waals surface area contributed by atoms with Crippen LogP contribution in [0.3, 0.4) is 0 Å². The summed E-state index contributed by atoms with van der Waals surface area (Å²) in [6, 6.07) is 2.83. The van der Waals surface area contributed by atoms with Crippen molar-refractivity contribution in [3.8, 4) is 0 Å². The fourth-order valence-electron chi connectivity index (χ4n) is 1.59. The molecule has 1 amide bonds. The SMILES string of the molecule is Cc1cc(Br)c(NC(=O)c2cncc(Cl)n2)cc1[N+](=O)[O-]. The molecule has 1 aromatic heterocycles. The molecule has 0 saturated carbocycles. The lowest BCUT2D eigenvalue weighted by atomic mass is 10.2. The van der Waals surface area contributed by atoms with Gasteiger partial charge in [-0.2, -0.15) is 0 Å². The molecule has 0 saturated heterocycles. The maximum Gasteiger partial charge on any atom is 0.275 e. The summed E-state index contributed by atoms with van der Waals surface area (Å²) in [7, 11) is 0. The van der Waals surface area contributed by atoms with Crippen molar-refractivity contribution in [1.29, 1.82) is 0 Å². The normalized spacial score (nSPS) is 10.2. The molecule has 9 heteroatoms. The Bertz CT molecular complexity index is 738. The highest BCUT2D eigenvalue weighted by molar-refractivity contribution is 9.10. The lowest BCUT2D eigenvalue weighted by Gasteiger charge is -2.08. The molecule has 0 aliphatic heterocycles. The van der Waals surface area contributed by atoms with Crippen LogP contribution in [0, 0.1) is 17.0 Å². The fraction of sp³-hybridized carbons (Fsp3) is 0.0833. The topological polar surface area (TPSA) is 98.0 Å². The molecule has 0 aliphatic carbocycles. The largest absolute Gasteiger partial charge is 0.319 e. The number of carbonyl (C=O) groups is 1. The van der Waals surface area contributed by atoms with Crippen LogP contribution in [0.1, 0.15) is 16.1 Å². The van der Waals surface area contributed by atoms with Crippen LogP contribution in [0.25, 0.3) is 0 Å². The zero-order valence-corrected chi connectivity index (χ0v) is 13.0. The van der Waals surface area contributed by atoms with Crippen molar-refractivity contribution in [2.75, 3.05) is 5.32 Å². The number of nitrogens with one attached hydrogen (secondary N) is 1. The van der Waals surface area contributed by atoms with Gasteiger partial charge in [-0.15, -0.1) is 0 Å². The minimum absolute atomic E-state index is 0.0117. The molecule has 0 atom stereocenters. The molecule has 0 unspecified atom stereocenters. The number of carbonyl (C=O) groups excluding carboxylic acids is 1. The third-order valence-corrected chi connectivity index (χ3v) is 3.41. The summed E-state index contributed by atoms with van der Waals surface area (Å²) >= 11 is 8.91. The van der Waals surface area contributed by atoms with Gasteiger partial charge in [-0.1, -0.05) is 11.6 Å². The molecule has 108 valence electrons. The summed E-state index contributed by atoms with van der Waals surface area (Å²) in [6.45, 7) is 1.61. The zero-order chi connectivity index (χ0) is 15.6. The summed E-state index contributed by atoms with van der Waals surface area (Å²) in [5, 5.41) is 13.5. The Morgan fingerprint density at radius 1 is 1.43 bits per heavy atom. The van der Waals surface area contributed by atoms with Gasteiger partial charge in [0.25, 0.3) is 11.6 Å². The number of aryl methyl sites for hydroxylation is 1. The van der Waals surface area contributed by atoms with Crippen molar-refractivity contribution in [2.24, 2.45) is 0 Å². The van der Waals surface area contributed by atoms with Gasteiger partial charge in [0.15, 0.2) is 0 Å². The van der Waals surface area contributed by atoms with Crippen LogP contribution in [0.5, 0.6) is 0 Å². The minimum Gasteiger partial charge on any atom is -0.319 e. The molecule has 1 heterocycles. The van der Waals surface area contributed by atoms with E-state index >= 15 is 0 Å². The van der Waals surface area contributed by atoms with E-state index < -0.39 is 10.8 Å². The highest BCUT2D eigenvalue weighted by Crippen LogP contribution is 2.30. The summed E-state index contributed by atoms with van der Waals surface area (Å²) < 4.78 is 0.522. The Kier molecular flexibility index (Phi) is 4.49. The lowest BCUT2D eigenvalue weighted by molar-refractivity contribution is -0.385. The van der Waals surface area contributed by atoms with Crippen molar-refractivity contribution in [2.45, 2.75) is 6.92 Å². The molecule has 21 heavy (non-hydrogen) atoms. The molecule has 0 fully saturated rings. The van der Waals surface area contributed by atoms with Crippen LogP contribution in [-0.2, 0) is 0 Å². The number of hydrogen-bond acceptors (Lipinski definition) is 5. The highest BCUT2D eigenvalue weighted by atomic mass is 79.9. The van der Waals surface area contributed by atoms with Crippen molar-refractivity contribution >= 4 is 44.8 Å². The molecule has 0 radical (unpaired) electrons. The van der Waals surface area contributed by atoms with E-state index in [1.807, 2.05) is 0 Å². The first kappa shape index (κ1) is 15.3. The fourth-order valence-corrected chi connectivity index (χ4v) is 2.30. The Morgan fingerprint density at radius 3 is 2.76 bits per heavy atom. The average molecular weight is 372 g/mol. The van der Waals surface area contributed by atoms with Gasteiger partial charge in [-0.25, -0.2) is 4.98 Å². The van der Waals surface area contributed by atoms with Crippen LogP contribution in [0.15, 0.2) is 29.0 Å². The van der Waals surface area contributed by atoms with Gasteiger partial charge in [0.2, 0.25) is 0 Å². The van der Waals surface area contributed by atoms with Crippen LogP contribution in [0.4, 0.5) is 11.4 Å². The van der Waals surface area contributed by atoms with Crippen molar-refractivity contribution < 1.29 is 9.72 Å². The first-order valence-electron chi connectivity index (χ1n) is 5.62. The Morgan fingerprint density at radius 2 is 2.14 bits per heavy atom. The van der Waals surface area contributed by atoms with E-state index in [1.165, 1.54) is 18.5 Å². The number of nitro benzene ring substituents is 1. The average Bonchev–Trinajstić information content (AvgIpc) is 2.41. The van der Waals surface area contributed by atoms with E-state index in [2.05, 4.69) is 31.2 Å². The minimum atomic E-state index is -0.566. The molecule has 0 spiro atoms. The Labute approximate surface area is 132 Å². The van der Waals surface area contributed by atoms with Crippen LogP contribution < -0.4 is 5.32 Å². The van der Waals surface area contributed by atoms with Crippen molar-refractivity contribution in [3.63, 3.8) is 0 Å². The standard InChI is InChI=1S/C12H8BrClN4O3/c1-6-2-7(13)8(3-10(6)18(20)21)17-12(19)9-4-15-5-11(14)16-9/h2-5H,1H3,(H,17,19). The molecular formula is C12H8BrClN4O3. The summed E-state index contributed by atoms with van der Waals surface area (Å²) in [4.78, 5) is 30.0. The molecule has 1 aromatic carbocycles. The molecule has 0 bridgehead atoms. The second kappa shape index (κ2) is 6.15. The Balaban J connectivity index is 2.33. The summed E-state index contributed by atoms with van der Waals surface area (Å²) in [5.41, 5.74) is 0.662. The van der Waals surface area contributed by atoms with Crippen LogP contribution in [0.2, 0.25) is 5.15 Å². The number of aromatic nitrogens is 2. The summed E-state index contributed by atoms with van der Waals surface area (Å²) in [5.74, 6) is -0.566. The second-order valence-corrected chi connectivity index (χ2v) is 5.30. The molecular weight excluding hydrogens is 364 g/mol. The van der Waals surface area contributed by atoms with E-state index in [0.29, 0.717) is 10.0 Å². The number of hydrogen-bond donors (Lipinski definition) is 1. The van der Waals surface area contributed by atoms with E-state index in [9.17, 15) is 14.9 Å². The van der Waals surface area contributed by atoms with Gasteiger partial charge >= 0.3 is 0 Å². The predicted molar refractivity (Wildman–Crippen MR) is 80.5 cm³/mol. The molecule has 1 N–H and O–H groups in total. The number of benzene rings is 1. The quantitative estimate of drug-likeness (QED) is 0.659. The maximum atomic E-state index is 12.0. The molecule has 2 aromatic rings. The van der Waals surface area contributed by atoms with E-state index in [1.54, 1.807) is 13.0 Å². The summed E-state index contributed by atoms with van der Waals surface area (Å²) in [6.07, 6.45) is 2.54. The van der Waals surface area contributed by atoms with Crippen LogP contribution in [-0.4, -0.2) is 20.8 Å². The number of nitrogens with zero attached hydrogens (tertiary/aromatic N) is 3. The first-order chi connectivity index (χ1) is 9.88. The monoisotopic (exact) mass is 370 g/mol. The number of halogens is 2. The van der Waals surface area contributed by atoms with Crippen LogP contribution >= 0.6 is 27.5 Å². The third-order valence-electron chi connectivity index (χ3n) is 2.57. The van der Waals surface area contributed by atoms with Crippen molar-refractivity contribution in [1.82, 2.24) is 9.97 Å². The van der Waals surface area contributed by atoms with Gasteiger partial charge in [-0.3, -0.25) is 19.9 Å². The van der Waals surface area contributed by atoms with Crippen molar-refractivity contribution in [3.05, 3.63) is 55.5 Å². The Hall–Kier alpha value is -2.06. The molecule has 0 aliphatic rings. The number of nitro groups is 1. The van der Waals surface area contributed by atoms with Gasteiger partial charge in [0.05, 0.1) is 23.0 Å². The van der Waals surface area contributed by atoms with E-state index in [-0.39, 0.29) is 22.2 Å². The predicted octanol–water partition coefficient (Wildman–Crippen LogP) is 3.36. The maximum absolute atomic E-state index is 12.0. The van der Waals surface area contributed by atoms with Gasteiger partial charge in [-0.05, 0) is 28.9 Å². The van der Waals surface area contributed by atoms with Gasteiger partial charge < -0.3 is 5.32 Å². The molecule has 7 nitrogen and oxygen atoms in total. The number of anilines is 1. The zero-order valence-electron chi connectivity index (χ0n) is 10.6. The lowest BCUT2D eigenvalue weighted by Crippen LogP contribution is -2.14. The molecule has 2 rings (SSSR count). The first-order valence-corrected chi connectivity index (χ1v) is 6.79. The number of amides is 1. The number of rotatable bonds is 3. The second-order valence-electron chi connectivity index (χ2n) is 4.06. The third kappa shape index (κ3) is 3.53. The van der Waals surface area contributed by atoms with E-state index in [4.69, 9.17) is 11.6 Å². The highest BCUT2D eigenvalue weighted by Gasteiger charge is 2.17. The van der Waals surface area contributed by atoms with E-state index in [0.717, 1.165) is 0 Å². The van der Waals surface area contributed by atoms with Gasteiger partial charge in [0, 0.05) is 16.1 Å². The van der Waals surface area contributed by atoms with Gasteiger partial charge in [0.1, 0.15) is 10.8 Å².